The number of aromatic nitrogens is 2. The van der Waals surface area contributed by atoms with E-state index >= 15 is 0 Å². The van der Waals surface area contributed by atoms with E-state index in [0.29, 0.717) is 32.0 Å². The van der Waals surface area contributed by atoms with Crippen molar-refractivity contribution in [1.29, 1.82) is 0 Å². The van der Waals surface area contributed by atoms with Gasteiger partial charge in [0, 0.05) is 37.5 Å². The van der Waals surface area contributed by atoms with E-state index in [1.165, 1.54) is 0 Å². The molecule has 2 aliphatic heterocycles. The van der Waals surface area contributed by atoms with Crippen molar-refractivity contribution >= 4 is 5.91 Å². The third-order valence-electron chi connectivity index (χ3n) is 5.31. The van der Waals surface area contributed by atoms with Gasteiger partial charge in [0.25, 0.3) is 5.91 Å². The molecule has 2 aromatic heterocycles. The van der Waals surface area contributed by atoms with Crippen LogP contribution in [-0.4, -0.2) is 53.2 Å². The van der Waals surface area contributed by atoms with E-state index in [0.717, 1.165) is 25.1 Å². The van der Waals surface area contributed by atoms with Crippen molar-refractivity contribution in [1.82, 2.24) is 14.9 Å². The molecule has 4 heterocycles. The van der Waals surface area contributed by atoms with Gasteiger partial charge in [0.05, 0.1) is 25.0 Å². The molecule has 2 atom stereocenters. The lowest BCUT2D eigenvalue weighted by Crippen LogP contribution is -2.53. The molecular weight excluding hydrogens is 330 g/mol. The quantitative estimate of drug-likeness (QED) is 0.825. The number of hydrogen-bond acceptors (Lipinski definition) is 5. The number of fused-ring (bicyclic) bond motifs is 1. The zero-order valence-corrected chi connectivity index (χ0v) is 14.7. The SMILES string of the molecule is O=C(c1ccccn1)N1CC[C@@H]2OCC[C@]2(COCc2ccccn2)C1. The molecule has 0 saturated carbocycles. The first kappa shape index (κ1) is 17.1. The van der Waals surface area contributed by atoms with Crippen molar-refractivity contribution in [3.63, 3.8) is 0 Å². The fraction of sp³-hybridized carbons (Fsp3) is 0.450. The fourth-order valence-corrected chi connectivity index (χ4v) is 3.92. The standard InChI is InChI=1S/C20H23N3O3/c24-19(17-6-2-4-10-22-17)23-11-7-18-20(14-23,8-12-26-18)15-25-13-16-5-1-3-9-21-16/h1-6,9-10,18H,7-8,11-15H2/t18-,20+/m0/s1. The number of piperidine rings is 1. The second kappa shape index (κ2) is 7.51. The first-order chi connectivity index (χ1) is 12.8. The predicted molar refractivity (Wildman–Crippen MR) is 95.4 cm³/mol. The van der Waals surface area contributed by atoms with Crippen LogP contribution < -0.4 is 0 Å². The Hall–Kier alpha value is -2.31. The zero-order chi connectivity index (χ0) is 17.8. The predicted octanol–water partition coefficient (Wildman–Crippen LogP) is 2.31. The molecular formula is C20H23N3O3. The van der Waals surface area contributed by atoms with Gasteiger partial charge in [0.15, 0.2) is 0 Å². The normalized spacial score (nSPS) is 25.1. The molecule has 0 aliphatic carbocycles. The number of carbonyl (C=O) groups excluding carboxylic acids is 1. The lowest BCUT2D eigenvalue weighted by molar-refractivity contribution is -0.0607. The maximum absolute atomic E-state index is 12.8. The summed E-state index contributed by atoms with van der Waals surface area (Å²) in [5.41, 5.74) is 1.27. The lowest BCUT2D eigenvalue weighted by Gasteiger charge is -2.43. The van der Waals surface area contributed by atoms with Gasteiger partial charge in [0.2, 0.25) is 0 Å². The average molecular weight is 353 g/mol. The van der Waals surface area contributed by atoms with Crippen LogP contribution in [0.4, 0.5) is 0 Å². The minimum atomic E-state index is -0.141. The summed E-state index contributed by atoms with van der Waals surface area (Å²) in [5.74, 6) is -0.0138. The van der Waals surface area contributed by atoms with Crippen LogP contribution in [0.2, 0.25) is 0 Å². The van der Waals surface area contributed by atoms with Crippen molar-refractivity contribution in [3.05, 3.63) is 60.2 Å². The molecule has 6 nitrogen and oxygen atoms in total. The maximum Gasteiger partial charge on any atom is 0.272 e. The zero-order valence-electron chi connectivity index (χ0n) is 14.7. The molecule has 26 heavy (non-hydrogen) atoms. The number of amides is 1. The van der Waals surface area contributed by atoms with Crippen molar-refractivity contribution in [2.75, 3.05) is 26.3 Å². The van der Waals surface area contributed by atoms with Crippen molar-refractivity contribution < 1.29 is 14.3 Å². The monoisotopic (exact) mass is 353 g/mol. The highest BCUT2D eigenvalue weighted by atomic mass is 16.5. The molecule has 0 radical (unpaired) electrons. The average Bonchev–Trinajstić information content (AvgIpc) is 3.12. The number of ether oxygens (including phenoxy) is 2. The van der Waals surface area contributed by atoms with Crippen LogP contribution in [0, 0.1) is 5.41 Å². The van der Waals surface area contributed by atoms with Crippen LogP contribution in [0.3, 0.4) is 0 Å². The summed E-state index contributed by atoms with van der Waals surface area (Å²) in [6, 6.07) is 11.2. The molecule has 2 saturated heterocycles. The van der Waals surface area contributed by atoms with Gasteiger partial charge in [-0.05, 0) is 37.1 Å². The van der Waals surface area contributed by atoms with Gasteiger partial charge in [-0.1, -0.05) is 12.1 Å². The second-order valence-corrected chi connectivity index (χ2v) is 7.02. The molecule has 2 aliphatic rings. The molecule has 4 rings (SSSR count). The summed E-state index contributed by atoms with van der Waals surface area (Å²) in [6.07, 6.45) is 5.33. The van der Waals surface area contributed by atoms with Crippen molar-refractivity contribution in [3.8, 4) is 0 Å². The summed E-state index contributed by atoms with van der Waals surface area (Å²) in [5, 5.41) is 0. The molecule has 0 bridgehead atoms. The number of rotatable bonds is 5. The van der Waals surface area contributed by atoms with E-state index < -0.39 is 0 Å². The Balaban J connectivity index is 1.43. The van der Waals surface area contributed by atoms with Gasteiger partial charge in [-0.25, -0.2) is 0 Å². The van der Waals surface area contributed by atoms with E-state index in [1.54, 1.807) is 18.5 Å². The number of nitrogens with zero attached hydrogens (tertiary/aromatic N) is 3. The number of carbonyl (C=O) groups is 1. The van der Waals surface area contributed by atoms with Gasteiger partial charge in [-0.15, -0.1) is 0 Å². The largest absolute Gasteiger partial charge is 0.377 e. The van der Waals surface area contributed by atoms with Gasteiger partial charge in [0.1, 0.15) is 5.69 Å². The molecule has 0 aromatic carbocycles. The molecule has 136 valence electrons. The maximum atomic E-state index is 12.8. The third-order valence-corrected chi connectivity index (χ3v) is 5.31. The van der Waals surface area contributed by atoms with Crippen LogP contribution in [0.15, 0.2) is 48.8 Å². The Morgan fingerprint density at radius 1 is 1.23 bits per heavy atom. The summed E-state index contributed by atoms with van der Waals surface area (Å²) >= 11 is 0. The van der Waals surface area contributed by atoms with Gasteiger partial charge in [-0.2, -0.15) is 0 Å². The minimum Gasteiger partial charge on any atom is -0.377 e. The Labute approximate surface area is 153 Å². The molecule has 0 unspecified atom stereocenters. The Morgan fingerprint density at radius 2 is 2.08 bits per heavy atom. The van der Waals surface area contributed by atoms with E-state index in [9.17, 15) is 4.79 Å². The van der Waals surface area contributed by atoms with Gasteiger partial charge >= 0.3 is 0 Å². The minimum absolute atomic E-state index is 0.0138. The van der Waals surface area contributed by atoms with E-state index in [-0.39, 0.29) is 17.4 Å². The summed E-state index contributed by atoms with van der Waals surface area (Å²) < 4.78 is 11.9. The molecule has 0 N–H and O–H groups in total. The molecule has 0 spiro atoms. The van der Waals surface area contributed by atoms with Crippen LogP contribution in [0.5, 0.6) is 0 Å². The Morgan fingerprint density at radius 3 is 2.85 bits per heavy atom. The Bertz CT molecular complexity index is 740. The van der Waals surface area contributed by atoms with E-state index in [2.05, 4.69) is 9.97 Å². The van der Waals surface area contributed by atoms with Crippen LogP contribution in [-0.2, 0) is 16.1 Å². The van der Waals surface area contributed by atoms with Crippen LogP contribution >= 0.6 is 0 Å². The number of hydrogen-bond donors (Lipinski definition) is 0. The highest BCUT2D eigenvalue weighted by Crippen LogP contribution is 2.41. The summed E-state index contributed by atoms with van der Waals surface area (Å²) in [6.45, 7) is 3.12. The first-order valence-corrected chi connectivity index (χ1v) is 9.06. The highest BCUT2D eigenvalue weighted by molar-refractivity contribution is 5.92. The van der Waals surface area contributed by atoms with Gasteiger partial charge < -0.3 is 14.4 Å². The number of pyridine rings is 2. The van der Waals surface area contributed by atoms with E-state index in [4.69, 9.17) is 9.47 Å². The molecule has 1 amide bonds. The first-order valence-electron chi connectivity index (χ1n) is 9.06. The topological polar surface area (TPSA) is 64.6 Å². The molecule has 2 aromatic rings. The number of likely N-dealkylation sites (tertiary alicyclic amines) is 1. The van der Waals surface area contributed by atoms with E-state index in [1.807, 2.05) is 35.2 Å². The Kier molecular flexibility index (Phi) is 4.95. The smallest absolute Gasteiger partial charge is 0.272 e. The van der Waals surface area contributed by atoms with Crippen LogP contribution in [0.25, 0.3) is 0 Å². The molecule has 6 heteroatoms. The summed E-state index contributed by atoms with van der Waals surface area (Å²) in [7, 11) is 0. The van der Waals surface area contributed by atoms with Crippen molar-refractivity contribution in [2.24, 2.45) is 5.41 Å². The van der Waals surface area contributed by atoms with Crippen LogP contribution in [0.1, 0.15) is 29.0 Å². The summed E-state index contributed by atoms with van der Waals surface area (Å²) in [4.78, 5) is 23.2. The molecule has 2 fully saturated rings. The fourth-order valence-electron chi connectivity index (χ4n) is 3.92. The highest BCUT2D eigenvalue weighted by Gasteiger charge is 2.49. The third kappa shape index (κ3) is 3.48. The lowest BCUT2D eigenvalue weighted by atomic mass is 9.77. The van der Waals surface area contributed by atoms with Gasteiger partial charge in [-0.3, -0.25) is 14.8 Å². The van der Waals surface area contributed by atoms with Crippen molar-refractivity contribution in [2.45, 2.75) is 25.6 Å². The second-order valence-electron chi connectivity index (χ2n) is 7.02.